The minimum absolute atomic E-state index is 0.00717. The summed E-state index contributed by atoms with van der Waals surface area (Å²) >= 11 is 0. The van der Waals surface area contributed by atoms with Gasteiger partial charge in [-0.1, -0.05) is 0 Å². The summed E-state index contributed by atoms with van der Waals surface area (Å²) in [6.45, 7) is 5.38. The van der Waals surface area contributed by atoms with Gasteiger partial charge < -0.3 is 30.0 Å². The molecule has 13 heteroatoms. The van der Waals surface area contributed by atoms with Crippen LogP contribution in [0.4, 0.5) is 20.3 Å². The maximum Gasteiger partial charge on any atom is 0.284 e. The van der Waals surface area contributed by atoms with Gasteiger partial charge in [0.1, 0.15) is 12.1 Å². The van der Waals surface area contributed by atoms with E-state index in [-0.39, 0.29) is 23.3 Å². The Morgan fingerprint density at radius 3 is 2.69 bits per heavy atom. The Morgan fingerprint density at radius 2 is 1.93 bits per heavy atom. The van der Waals surface area contributed by atoms with Crippen LogP contribution >= 0.6 is 0 Å². The normalized spacial score (nSPS) is 18.5. The molecule has 0 radical (unpaired) electrons. The van der Waals surface area contributed by atoms with Gasteiger partial charge in [0.15, 0.2) is 11.4 Å². The molecule has 0 unspecified atom stereocenters. The van der Waals surface area contributed by atoms with E-state index in [2.05, 4.69) is 43.0 Å². The molecule has 2 aliphatic rings. The lowest BCUT2D eigenvalue weighted by atomic mass is 9.86. The predicted molar refractivity (Wildman–Crippen MR) is 169 cm³/mol. The number of anilines is 2. The fraction of sp³-hybridized carbons (Fsp3) is 0.625. The fourth-order valence-electron chi connectivity index (χ4n) is 5.79. The van der Waals surface area contributed by atoms with Crippen molar-refractivity contribution in [3.8, 4) is 11.5 Å². The molecule has 1 amide bonds. The number of nitrogens with zero attached hydrogens (tertiary/aromatic N) is 5. The molecular weight excluding hydrogens is 582 g/mol. The third-order valence-corrected chi connectivity index (χ3v) is 8.53. The van der Waals surface area contributed by atoms with Crippen LogP contribution in [0.25, 0.3) is 11.5 Å². The standard InChI is InChI=1S/C32H46F2N8O3/c1-35-12-3-15-44-16-4-14-41(2)19-23-7-9-25(10-8-23)42-20-26(29(40-42)30(33)34)38-31(43)27-21-45-32(39-27)24-11-13-36-28(17-24)37-18-22-5-6-22/h11,13,17,20-23,25,30,35H,3-10,12,14-16,18-19H2,1-2H3,(H,36,37)(H,38,43). The van der Waals surface area contributed by atoms with Gasteiger partial charge in [-0.25, -0.2) is 18.7 Å². The van der Waals surface area contributed by atoms with Gasteiger partial charge in [-0.15, -0.1) is 0 Å². The van der Waals surface area contributed by atoms with Crippen molar-refractivity contribution in [1.29, 1.82) is 0 Å². The minimum Gasteiger partial charge on any atom is -0.444 e. The molecule has 0 atom stereocenters. The van der Waals surface area contributed by atoms with E-state index < -0.39 is 18.0 Å². The Labute approximate surface area is 263 Å². The summed E-state index contributed by atoms with van der Waals surface area (Å²) in [7, 11) is 4.09. The van der Waals surface area contributed by atoms with Crippen LogP contribution in [0.5, 0.6) is 0 Å². The average molecular weight is 629 g/mol. The lowest BCUT2D eigenvalue weighted by Crippen LogP contribution is -2.30. The number of aromatic nitrogens is 4. The van der Waals surface area contributed by atoms with Crippen LogP contribution in [0.3, 0.4) is 0 Å². The lowest BCUT2D eigenvalue weighted by Gasteiger charge is -2.31. The summed E-state index contributed by atoms with van der Waals surface area (Å²) in [5.74, 6) is 1.56. The zero-order valence-electron chi connectivity index (χ0n) is 26.3. The molecule has 3 heterocycles. The van der Waals surface area contributed by atoms with E-state index in [1.165, 1.54) is 25.3 Å². The molecule has 3 aromatic rings. The second-order valence-electron chi connectivity index (χ2n) is 12.3. The van der Waals surface area contributed by atoms with Crippen molar-refractivity contribution < 1.29 is 22.7 Å². The summed E-state index contributed by atoms with van der Waals surface area (Å²) in [5, 5.41) is 13.2. The van der Waals surface area contributed by atoms with Crippen LogP contribution in [0, 0.1) is 11.8 Å². The molecule has 11 nitrogen and oxygen atoms in total. The molecule has 0 saturated heterocycles. The number of oxazole rings is 1. The van der Waals surface area contributed by atoms with Crippen LogP contribution in [0.15, 0.2) is 35.2 Å². The van der Waals surface area contributed by atoms with Crippen LogP contribution in [-0.4, -0.2) is 84.0 Å². The van der Waals surface area contributed by atoms with Crippen LogP contribution in [0.2, 0.25) is 0 Å². The first-order chi connectivity index (χ1) is 21.9. The summed E-state index contributed by atoms with van der Waals surface area (Å²) in [5.41, 5.74) is 0.204. The third-order valence-electron chi connectivity index (χ3n) is 8.53. The van der Waals surface area contributed by atoms with Crippen molar-refractivity contribution in [2.75, 3.05) is 64.1 Å². The molecule has 5 rings (SSSR count). The maximum absolute atomic E-state index is 14.0. The Kier molecular flexibility index (Phi) is 11.9. The van der Waals surface area contributed by atoms with Crippen LogP contribution < -0.4 is 16.0 Å². The Morgan fingerprint density at radius 1 is 1.16 bits per heavy atom. The summed E-state index contributed by atoms with van der Waals surface area (Å²) < 4.78 is 40.8. The molecule has 0 bridgehead atoms. The Balaban J connectivity index is 1.11. The first-order valence-electron chi connectivity index (χ1n) is 16.1. The highest BCUT2D eigenvalue weighted by Crippen LogP contribution is 2.35. The highest BCUT2D eigenvalue weighted by atomic mass is 19.3. The third kappa shape index (κ3) is 9.78. The molecule has 2 aliphatic carbocycles. The fourth-order valence-corrected chi connectivity index (χ4v) is 5.79. The molecule has 2 fully saturated rings. The molecule has 0 spiro atoms. The quantitative estimate of drug-likeness (QED) is 0.154. The van der Waals surface area contributed by atoms with E-state index in [1.54, 1.807) is 16.9 Å². The van der Waals surface area contributed by atoms with Crippen LogP contribution in [0.1, 0.15) is 80.0 Å². The van der Waals surface area contributed by atoms with Crippen molar-refractivity contribution in [3.05, 3.63) is 42.2 Å². The first-order valence-corrected chi connectivity index (χ1v) is 16.1. The molecule has 0 aliphatic heterocycles. The number of hydrogen-bond acceptors (Lipinski definition) is 9. The number of ether oxygens (including phenoxy) is 1. The number of rotatable bonds is 18. The minimum atomic E-state index is -2.83. The van der Waals surface area contributed by atoms with Crippen molar-refractivity contribution in [2.45, 2.75) is 63.8 Å². The smallest absolute Gasteiger partial charge is 0.284 e. The summed E-state index contributed by atoms with van der Waals surface area (Å²) in [6, 6.07) is 3.56. The van der Waals surface area contributed by atoms with E-state index in [0.717, 1.165) is 77.9 Å². The van der Waals surface area contributed by atoms with Crippen molar-refractivity contribution in [1.82, 2.24) is 30.0 Å². The molecular formula is C32H46F2N8O3. The van der Waals surface area contributed by atoms with Crippen molar-refractivity contribution in [2.24, 2.45) is 11.8 Å². The predicted octanol–water partition coefficient (Wildman–Crippen LogP) is 5.62. The van der Waals surface area contributed by atoms with Gasteiger partial charge in [0, 0.05) is 50.8 Å². The van der Waals surface area contributed by atoms with Gasteiger partial charge in [-0.2, -0.15) is 5.10 Å². The van der Waals surface area contributed by atoms with Gasteiger partial charge in [-0.3, -0.25) is 9.48 Å². The van der Waals surface area contributed by atoms with Gasteiger partial charge in [-0.05, 0) is 96.0 Å². The van der Waals surface area contributed by atoms with Crippen molar-refractivity contribution >= 4 is 17.4 Å². The highest BCUT2D eigenvalue weighted by Gasteiger charge is 2.28. The zero-order chi connectivity index (χ0) is 31.6. The number of pyridine rings is 1. The van der Waals surface area contributed by atoms with E-state index in [9.17, 15) is 13.6 Å². The van der Waals surface area contributed by atoms with Gasteiger partial charge in [0.05, 0.1) is 11.7 Å². The number of carbonyl (C=O) groups is 1. The molecule has 0 aromatic carbocycles. The highest BCUT2D eigenvalue weighted by molar-refractivity contribution is 6.03. The number of hydrogen-bond donors (Lipinski definition) is 3. The lowest BCUT2D eigenvalue weighted by molar-refractivity contribution is 0.102. The second-order valence-corrected chi connectivity index (χ2v) is 12.3. The Bertz CT molecular complexity index is 1350. The zero-order valence-corrected chi connectivity index (χ0v) is 26.3. The topological polar surface area (TPSA) is 122 Å². The number of alkyl halides is 2. The molecule has 2 saturated carbocycles. The van der Waals surface area contributed by atoms with Crippen LogP contribution in [-0.2, 0) is 4.74 Å². The molecule has 45 heavy (non-hydrogen) atoms. The molecule has 246 valence electrons. The van der Waals surface area contributed by atoms with Gasteiger partial charge >= 0.3 is 0 Å². The number of amides is 1. The molecule has 3 aromatic heterocycles. The summed E-state index contributed by atoms with van der Waals surface area (Å²) in [6.07, 6.45) is 9.73. The number of halogens is 2. The monoisotopic (exact) mass is 628 g/mol. The maximum atomic E-state index is 14.0. The average Bonchev–Trinajstić information content (AvgIpc) is 3.56. The van der Waals surface area contributed by atoms with Crippen molar-refractivity contribution in [3.63, 3.8) is 0 Å². The first kappa shape index (κ1) is 33.0. The molecule has 3 N–H and O–H groups in total. The number of nitrogens with one attached hydrogen (secondary N) is 3. The SMILES string of the molecule is CNCCCOCCCN(C)CC1CCC(n2cc(NC(=O)c3coc(-c4ccnc(NCC5CC5)c4)n3)c(C(F)F)n2)CC1. The van der Waals surface area contributed by atoms with Gasteiger partial charge in [0.2, 0.25) is 5.89 Å². The van der Waals surface area contributed by atoms with E-state index in [1.807, 2.05) is 13.1 Å². The number of carbonyl (C=O) groups excluding carboxylic acids is 1. The van der Waals surface area contributed by atoms with E-state index in [0.29, 0.717) is 23.2 Å². The summed E-state index contributed by atoms with van der Waals surface area (Å²) in [4.78, 5) is 24.0. The Hall–Kier alpha value is -3.42. The second kappa shape index (κ2) is 16.2. The van der Waals surface area contributed by atoms with E-state index in [4.69, 9.17) is 9.15 Å². The largest absolute Gasteiger partial charge is 0.444 e. The van der Waals surface area contributed by atoms with Gasteiger partial charge in [0.25, 0.3) is 12.3 Å². The van der Waals surface area contributed by atoms with E-state index >= 15 is 0 Å².